The average Bonchev–Trinajstić information content (AvgIpc) is 2.22. The highest BCUT2D eigenvalue weighted by atomic mass is 127. The van der Waals surface area contributed by atoms with E-state index in [9.17, 15) is 10.1 Å². The Morgan fingerprint density at radius 2 is 2.24 bits per heavy atom. The van der Waals surface area contributed by atoms with Gasteiger partial charge in [-0.1, -0.05) is 0 Å². The predicted molar refractivity (Wildman–Crippen MR) is 73.0 cm³/mol. The van der Waals surface area contributed by atoms with Crippen molar-refractivity contribution < 1.29 is 10.0 Å². The molecule has 2 N–H and O–H groups in total. The molecule has 0 bridgehead atoms. The molecule has 0 spiro atoms. The lowest BCUT2D eigenvalue weighted by atomic mass is 9.82. The van der Waals surface area contributed by atoms with E-state index in [-0.39, 0.29) is 16.7 Å². The van der Waals surface area contributed by atoms with Gasteiger partial charge in [-0.3, -0.25) is 10.1 Å². The van der Waals surface area contributed by atoms with Gasteiger partial charge in [-0.2, -0.15) is 0 Å². The molecule has 1 saturated carbocycles. The predicted octanol–water partition coefficient (Wildman–Crippen LogP) is 2.38. The minimum Gasteiger partial charge on any atom is -0.393 e. The smallest absolute Gasteiger partial charge is 0.282 e. The fourth-order valence-corrected chi connectivity index (χ4v) is 2.61. The van der Waals surface area contributed by atoms with Crippen LogP contribution in [0.4, 0.5) is 11.4 Å². The van der Waals surface area contributed by atoms with Gasteiger partial charge in [0, 0.05) is 18.3 Å². The Bertz CT molecular complexity index is 433. The molecule has 0 aliphatic heterocycles. The van der Waals surface area contributed by atoms with Crippen molar-refractivity contribution in [1.82, 2.24) is 0 Å². The van der Waals surface area contributed by atoms with Crippen molar-refractivity contribution in [2.24, 2.45) is 5.92 Å². The largest absolute Gasteiger partial charge is 0.393 e. The summed E-state index contributed by atoms with van der Waals surface area (Å²) in [7, 11) is 0. The summed E-state index contributed by atoms with van der Waals surface area (Å²) in [5.74, 6) is 0.512. The second-order valence-electron chi connectivity index (χ2n) is 4.30. The summed E-state index contributed by atoms with van der Waals surface area (Å²) in [6.45, 7) is 0.810. The van der Waals surface area contributed by atoms with E-state index in [0.717, 1.165) is 25.1 Å². The van der Waals surface area contributed by atoms with Gasteiger partial charge in [0.15, 0.2) is 0 Å². The van der Waals surface area contributed by atoms with Crippen molar-refractivity contribution in [1.29, 1.82) is 0 Å². The first-order chi connectivity index (χ1) is 8.06. The lowest BCUT2D eigenvalue weighted by molar-refractivity contribution is -0.385. The highest BCUT2D eigenvalue weighted by Gasteiger charge is 2.26. The number of hydrogen-bond donors (Lipinski definition) is 2. The number of anilines is 1. The zero-order valence-electron chi connectivity index (χ0n) is 9.10. The number of rotatable bonds is 4. The maximum Gasteiger partial charge on any atom is 0.282 e. The fraction of sp³-hybridized carbons (Fsp3) is 0.455. The molecule has 1 aromatic rings. The normalized spacial score (nSPS) is 22.9. The average molecular weight is 348 g/mol. The first-order valence-electron chi connectivity index (χ1n) is 5.42. The van der Waals surface area contributed by atoms with Crippen LogP contribution in [0.25, 0.3) is 0 Å². The second-order valence-corrected chi connectivity index (χ2v) is 5.46. The van der Waals surface area contributed by atoms with Gasteiger partial charge in [0.2, 0.25) is 0 Å². The van der Waals surface area contributed by atoms with Gasteiger partial charge in [0.25, 0.3) is 5.69 Å². The van der Waals surface area contributed by atoms with Gasteiger partial charge in [-0.25, -0.2) is 0 Å². The number of nitrogens with one attached hydrogen (secondary N) is 1. The molecule has 6 heteroatoms. The highest BCUT2D eigenvalue weighted by molar-refractivity contribution is 14.1. The van der Waals surface area contributed by atoms with Gasteiger partial charge in [-0.15, -0.1) is 0 Å². The van der Waals surface area contributed by atoms with Crippen LogP contribution in [-0.2, 0) is 0 Å². The summed E-state index contributed by atoms with van der Waals surface area (Å²) in [5, 5.41) is 23.0. The van der Waals surface area contributed by atoms with E-state index in [4.69, 9.17) is 5.11 Å². The van der Waals surface area contributed by atoms with E-state index >= 15 is 0 Å². The van der Waals surface area contributed by atoms with E-state index in [1.165, 1.54) is 6.07 Å². The number of aliphatic hydroxyl groups excluding tert-OH is 1. The summed E-state index contributed by atoms with van der Waals surface area (Å²) in [5.41, 5.74) is 1.02. The molecule has 2 rings (SSSR count). The summed E-state index contributed by atoms with van der Waals surface area (Å²) >= 11 is 1.96. The van der Waals surface area contributed by atoms with Crippen LogP contribution in [0.3, 0.4) is 0 Å². The Kier molecular flexibility index (Phi) is 3.82. The van der Waals surface area contributed by atoms with Crippen molar-refractivity contribution >= 4 is 34.0 Å². The first kappa shape index (κ1) is 12.6. The molecule has 1 aromatic carbocycles. The molecular formula is C11H13IN2O3. The molecule has 17 heavy (non-hydrogen) atoms. The molecule has 0 heterocycles. The number of halogens is 1. The molecule has 92 valence electrons. The van der Waals surface area contributed by atoms with E-state index in [0.29, 0.717) is 9.49 Å². The number of hydrogen-bond acceptors (Lipinski definition) is 4. The third-order valence-electron chi connectivity index (χ3n) is 2.95. The number of nitro groups is 1. The zero-order chi connectivity index (χ0) is 12.4. The Morgan fingerprint density at radius 1 is 1.53 bits per heavy atom. The number of nitrogens with zero attached hydrogens (tertiary/aromatic N) is 1. The standard InChI is InChI=1S/C11H13IN2O3/c12-10-5-8(1-2-11(10)14(16)17)13-6-7-3-9(15)4-7/h1-2,5,7,9,13,15H,3-4,6H2. The maximum absolute atomic E-state index is 10.6. The third-order valence-corrected chi connectivity index (χ3v) is 3.81. The minimum absolute atomic E-state index is 0.134. The highest BCUT2D eigenvalue weighted by Crippen LogP contribution is 2.28. The quantitative estimate of drug-likeness (QED) is 0.498. The van der Waals surface area contributed by atoms with Crippen molar-refractivity contribution in [3.8, 4) is 0 Å². The third kappa shape index (κ3) is 3.06. The summed E-state index contributed by atoms with van der Waals surface area (Å²) in [4.78, 5) is 10.3. The van der Waals surface area contributed by atoms with Gasteiger partial charge >= 0.3 is 0 Å². The number of nitro benzene ring substituents is 1. The van der Waals surface area contributed by atoms with Crippen LogP contribution in [0.5, 0.6) is 0 Å². The van der Waals surface area contributed by atoms with E-state index in [1.807, 2.05) is 22.6 Å². The summed E-state index contributed by atoms with van der Waals surface area (Å²) in [6.07, 6.45) is 1.55. The molecule has 0 saturated heterocycles. The van der Waals surface area contributed by atoms with Crippen LogP contribution in [-0.4, -0.2) is 22.7 Å². The minimum atomic E-state index is -0.381. The van der Waals surface area contributed by atoms with Crippen molar-refractivity contribution in [3.63, 3.8) is 0 Å². The van der Waals surface area contributed by atoms with Crippen LogP contribution < -0.4 is 5.32 Å². The Labute approximate surface area is 113 Å². The lowest BCUT2D eigenvalue weighted by Gasteiger charge is -2.31. The summed E-state index contributed by atoms with van der Waals surface area (Å²) in [6, 6.07) is 5.00. The molecule has 1 aliphatic carbocycles. The van der Waals surface area contributed by atoms with Crippen LogP contribution in [0, 0.1) is 19.6 Å². The Morgan fingerprint density at radius 3 is 2.76 bits per heavy atom. The number of benzene rings is 1. The maximum atomic E-state index is 10.6. The fourth-order valence-electron chi connectivity index (χ4n) is 1.89. The van der Waals surface area contributed by atoms with E-state index < -0.39 is 0 Å². The summed E-state index contributed by atoms with van der Waals surface area (Å²) < 4.78 is 0.631. The lowest BCUT2D eigenvalue weighted by Crippen LogP contribution is -2.33. The molecule has 1 fully saturated rings. The van der Waals surface area contributed by atoms with Gasteiger partial charge in [0.1, 0.15) is 0 Å². The van der Waals surface area contributed by atoms with Gasteiger partial charge in [-0.05, 0) is 53.5 Å². The van der Waals surface area contributed by atoms with Crippen molar-refractivity contribution in [3.05, 3.63) is 31.9 Å². The number of aliphatic hydroxyl groups is 1. The van der Waals surface area contributed by atoms with Crippen molar-refractivity contribution in [2.75, 3.05) is 11.9 Å². The zero-order valence-corrected chi connectivity index (χ0v) is 11.3. The van der Waals surface area contributed by atoms with Gasteiger partial charge < -0.3 is 10.4 Å². The molecular weight excluding hydrogens is 335 g/mol. The van der Waals surface area contributed by atoms with Crippen LogP contribution in [0.2, 0.25) is 0 Å². The Balaban J connectivity index is 1.93. The molecule has 0 radical (unpaired) electrons. The SMILES string of the molecule is O=[N+]([O-])c1ccc(NCC2CC(O)C2)cc1I. The molecule has 0 atom stereocenters. The van der Waals surface area contributed by atoms with Crippen molar-refractivity contribution in [2.45, 2.75) is 18.9 Å². The molecule has 1 aliphatic rings. The van der Waals surface area contributed by atoms with Gasteiger partial charge in [0.05, 0.1) is 14.6 Å². The van der Waals surface area contributed by atoms with E-state index in [2.05, 4.69) is 5.32 Å². The van der Waals surface area contributed by atoms with Crippen LogP contribution in [0.15, 0.2) is 18.2 Å². The van der Waals surface area contributed by atoms with Crippen LogP contribution >= 0.6 is 22.6 Å². The van der Waals surface area contributed by atoms with Crippen LogP contribution in [0.1, 0.15) is 12.8 Å². The first-order valence-corrected chi connectivity index (χ1v) is 6.50. The monoisotopic (exact) mass is 348 g/mol. The molecule has 0 aromatic heterocycles. The second kappa shape index (κ2) is 5.18. The molecule has 0 unspecified atom stereocenters. The topological polar surface area (TPSA) is 75.4 Å². The molecule has 5 nitrogen and oxygen atoms in total. The van der Waals surface area contributed by atoms with E-state index in [1.54, 1.807) is 12.1 Å². The molecule has 0 amide bonds. The Hall–Kier alpha value is -0.890.